The second-order valence-corrected chi connectivity index (χ2v) is 6.34. The fourth-order valence-corrected chi connectivity index (χ4v) is 2.80. The number of nitrogen functional groups attached to an aromatic ring is 2. The molecule has 0 spiro atoms. The Kier molecular flexibility index (Phi) is 5.55. The minimum atomic E-state index is -0.319. The van der Waals surface area contributed by atoms with E-state index in [1.54, 1.807) is 0 Å². The highest BCUT2D eigenvalue weighted by Gasteiger charge is 2.26. The maximum atomic E-state index is 12.5. The van der Waals surface area contributed by atoms with Gasteiger partial charge in [0.25, 0.3) is 0 Å². The zero-order valence-corrected chi connectivity index (χ0v) is 13.3. The van der Waals surface area contributed by atoms with Crippen LogP contribution in [0.4, 0.5) is 11.9 Å². The van der Waals surface area contributed by atoms with Crippen LogP contribution in [-0.4, -0.2) is 43.1 Å². The van der Waals surface area contributed by atoms with Crippen molar-refractivity contribution in [3.05, 3.63) is 0 Å². The summed E-state index contributed by atoms with van der Waals surface area (Å²) in [5.41, 5.74) is 11.0. The van der Waals surface area contributed by atoms with Crippen LogP contribution in [0.1, 0.15) is 34.6 Å². The van der Waals surface area contributed by atoms with Crippen molar-refractivity contribution in [1.29, 1.82) is 0 Å². The van der Waals surface area contributed by atoms with Gasteiger partial charge in [0.2, 0.25) is 17.8 Å². The van der Waals surface area contributed by atoms with Gasteiger partial charge in [-0.2, -0.15) is 15.0 Å². The number of amides is 1. The number of carbonyl (C=O) groups is 1. The van der Waals surface area contributed by atoms with Crippen LogP contribution >= 0.6 is 11.8 Å². The molecule has 0 aliphatic carbocycles. The molecule has 0 radical (unpaired) electrons. The first-order valence-corrected chi connectivity index (χ1v) is 7.36. The number of hydrogen-bond acceptors (Lipinski definition) is 7. The summed E-state index contributed by atoms with van der Waals surface area (Å²) in [6.45, 7) is 9.80. The maximum absolute atomic E-state index is 12.5. The molecule has 0 aliphatic heterocycles. The van der Waals surface area contributed by atoms with Gasteiger partial charge in [0.05, 0.1) is 5.25 Å². The molecule has 7 nitrogen and oxygen atoms in total. The van der Waals surface area contributed by atoms with Crippen LogP contribution in [0.15, 0.2) is 5.16 Å². The summed E-state index contributed by atoms with van der Waals surface area (Å²) in [6.07, 6.45) is 0. The molecule has 1 unspecified atom stereocenters. The van der Waals surface area contributed by atoms with E-state index in [-0.39, 0.29) is 35.1 Å². The molecular formula is C12H22N6OS. The number of nitrogens with two attached hydrogens (primary N) is 2. The minimum absolute atomic E-state index is 0.0394. The fourth-order valence-electron chi connectivity index (χ4n) is 1.96. The monoisotopic (exact) mass is 298 g/mol. The van der Waals surface area contributed by atoms with Crippen LogP contribution in [0, 0.1) is 0 Å². The molecular weight excluding hydrogens is 276 g/mol. The van der Waals surface area contributed by atoms with Crippen LogP contribution < -0.4 is 11.5 Å². The molecule has 112 valence electrons. The van der Waals surface area contributed by atoms with Gasteiger partial charge in [0, 0.05) is 12.1 Å². The normalized spacial score (nSPS) is 12.8. The Morgan fingerprint density at radius 3 is 1.85 bits per heavy atom. The summed E-state index contributed by atoms with van der Waals surface area (Å²) in [6, 6.07) is 0.276. The van der Waals surface area contributed by atoms with Crippen molar-refractivity contribution in [2.24, 2.45) is 0 Å². The molecule has 4 N–H and O–H groups in total. The zero-order chi connectivity index (χ0) is 15.4. The lowest BCUT2D eigenvalue weighted by Gasteiger charge is -2.32. The molecule has 0 saturated carbocycles. The Morgan fingerprint density at radius 2 is 1.45 bits per heavy atom. The molecule has 20 heavy (non-hydrogen) atoms. The predicted octanol–water partition coefficient (Wildman–Crippen LogP) is 1.16. The number of hydrogen-bond donors (Lipinski definition) is 2. The SMILES string of the molecule is CC(Sc1nc(N)nc(N)n1)C(=O)N(C(C)C)C(C)C. The van der Waals surface area contributed by atoms with Crippen molar-refractivity contribution in [3.63, 3.8) is 0 Å². The first-order chi connectivity index (χ1) is 9.22. The Hall–Kier alpha value is -1.57. The van der Waals surface area contributed by atoms with Gasteiger partial charge in [0.15, 0.2) is 5.16 Å². The lowest BCUT2D eigenvalue weighted by atomic mass is 10.2. The Labute approximate surface area is 123 Å². The molecule has 0 fully saturated rings. The first-order valence-electron chi connectivity index (χ1n) is 6.48. The second kappa shape index (κ2) is 6.74. The summed E-state index contributed by atoms with van der Waals surface area (Å²) in [4.78, 5) is 26.0. The number of nitrogens with zero attached hydrogens (tertiary/aromatic N) is 4. The van der Waals surface area contributed by atoms with Crippen molar-refractivity contribution in [1.82, 2.24) is 19.9 Å². The van der Waals surface area contributed by atoms with E-state index in [0.717, 1.165) is 0 Å². The van der Waals surface area contributed by atoms with Gasteiger partial charge in [0.1, 0.15) is 0 Å². The van der Waals surface area contributed by atoms with Crippen molar-refractivity contribution in [2.75, 3.05) is 11.5 Å². The van der Waals surface area contributed by atoms with Gasteiger partial charge in [-0.3, -0.25) is 4.79 Å². The Morgan fingerprint density at radius 1 is 1.00 bits per heavy atom. The molecule has 0 saturated heterocycles. The van der Waals surface area contributed by atoms with E-state index in [0.29, 0.717) is 5.16 Å². The van der Waals surface area contributed by atoms with Crippen LogP contribution in [0.2, 0.25) is 0 Å². The standard InChI is InChI=1S/C12H22N6OS/c1-6(2)18(7(3)4)9(19)8(5)20-12-16-10(13)15-11(14)17-12/h6-8H,1-5H3,(H4,13,14,15,16,17). The largest absolute Gasteiger partial charge is 0.368 e. The predicted molar refractivity (Wildman–Crippen MR) is 81.1 cm³/mol. The first kappa shape index (κ1) is 16.5. The summed E-state index contributed by atoms with van der Waals surface area (Å²) in [5, 5.41) is 0.0457. The quantitative estimate of drug-likeness (QED) is 0.784. The number of anilines is 2. The Bertz CT molecular complexity index is 451. The molecule has 0 aliphatic rings. The van der Waals surface area contributed by atoms with E-state index in [1.807, 2.05) is 39.5 Å². The summed E-state index contributed by atoms with van der Waals surface area (Å²) >= 11 is 1.23. The molecule has 8 heteroatoms. The zero-order valence-electron chi connectivity index (χ0n) is 12.5. The van der Waals surface area contributed by atoms with Crippen molar-refractivity contribution >= 4 is 29.6 Å². The van der Waals surface area contributed by atoms with Crippen LogP contribution in [0.3, 0.4) is 0 Å². The molecule has 1 rings (SSSR count). The second-order valence-electron chi connectivity index (χ2n) is 5.03. The molecule has 0 aromatic carbocycles. The van der Waals surface area contributed by atoms with Gasteiger partial charge in [-0.25, -0.2) is 0 Å². The van der Waals surface area contributed by atoms with Gasteiger partial charge >= 0.3 is 0 Å². The summed E-state index contributed by atoms with van der Waals surface area (Å²) in [5.74, 6) is 0.158. The molecule has 1 aromatic heterocycles. The third-order valence-corrected chi connectivity index (χ3v) is 3.60. The van der Waals surface area contributed by atoms with Gasteiger partial charge in [-0.05, 0) is 34.6 Å². The molecule has 1 aromatic rings. The van der Waals surface area contributed by atoms with E-state index in [2.05, 4.69) is 15.0 Å². The van der Waals surface area contributed by atoms with E-state index >= 15 is 0 Å². The van der Waals surface area contributed by atoms with Gasteiger partial charge in [-0.15, -0.1) is 0 Å². The lowest BCUT2D eigenvalue weighted by molar-refractivity contribution is -0.133. The van der Waals surface area contributed by atoms with Crippen molar-refractivity contribution < 1.29 is 4.79 Å². The Balaban J connectivity index is 2.84. The van der Waals surface area contributed by atoms with Crippen molar-refractivity contribution in [3.8, 4) is 0 Å². The molecule has 1 heterocycles. The van der Waals surface area contributed by atoms with E-state index in [4.69, 9.17) is 11.5 Å². The topological polar surface area (TPSA) is 111 Å². The van der Waals surface area contributed by atoms with Crippen LogP contribution in [0.25, 0.3) is 0 Å². The highest BCUT2D eigenvalue weighted by atomic mass is 32.2. The van der Waals surface area contributed by atoms with E-state index in [1.165, 1.54) is 11.8 Å². The third kappa shape index (κ3) is 4.22. The highest BCUT2D eigenvalue weighted by Crippen LogP contribution is 2.23. The van der Waals surface area contributed by atoms with Crippen LogP contribution in [-0.2, 0) is 4.79 Å². The molecule has 1 atom stereocenters. The number of aromatic nitrogens is 3. The van der Waals surface area contributed by atoms with Gasteiger partial charge in [-0.1, -0.05) is 11.8 Å². The van der Waals surface area contributed by atoms with E-state index in [9.17, 15) is 4.79 Å². The fraction of sp³-hybridized carbons (Fsp3) is 0.667. The number of thioether (sulfide) groups is 1. The molecule has 0 bridgehead atoms. The van der Waals surface area contributed by atoms with Gasteiger partial charge < -0.3 is 16.4 Å². The summed E-state index contributed by atoms with van der Waals surface area (Å²) < 4.78 is 0. The number of carbonyl (C=O) groups excluding carboxylic acids is 1. The number of rotatable bonds is 5. The van der Waals surface area contributed by atoms with Crippen LogP contribution in [0.5, 0.6) is 0 Å². The lowest BCUT2D eigenvalue weighted by Crippen LogP contribution is -2.45. The summed E-state index contributed by atoms with van der Waals surface area (Å²) in [7, 11) is 0. The average Bonchev–Trinajstić information content (AvgIpc) is 2.25. The minimum Gasteiger partial charge on any atom is -0.368 e. The highest BCUT2D eigenvalue weighted by molar-refractivity contribution is 8.00. The maximum Gasteiger partial charge on any atom is 0.236 e. The average molecular weight is 298 g/mol. The van der Waals surface area contributed by atoms with E-state index < -0.39 is 0 Å². The smallest absolute Gasteiger partial charge is 0.236 e. The molecule has 1 amide bonds. The third-order valence-electron chi connectivity index (χ3n) is 2.65. The van der Waals surface area contributed by atoms with Crippen molar-refractivity contribution in [2.45, 2.75) is 57.1 Å².